The zero-order chi connectivity index (χ0) is 25.0. The standard InChI is InChI=1S/C26H28N2O5S/c1-17-7-14-23(15-8-17)34(31,32)28(5)22-12-10-21(11-13-22)26(30)33-20(4)25(29)27-24-16-18(2)6-9-19(24)3/h6-16,20H,1-5H3,(H,27,29). The van der Waals surface area contributed by atoms with Crippen molar-refractivity contribution in [3.63, 3.8) is 0 Å². The fourth-order valence-electron chi connectivity index (χ4n) is 3.20. The Morgan fingerprint density at radius 1 is 0.882 bits per heavy atom. The molecule has 3 aromatic rings. The fourth-order valence-corrected chi connectivity index (χ4v) is 4.40. The van der Waals surface area contributed by atoms with E-state index in [2.05, 4.69) is 5.32 Å². The molecule has 178 valence electrons. The van der Waals surface area contributed by atoms with Crippen LogP contribution in [-0.4, -0.2) is 33.4 Å². The summed E-state index contributed by atoms with van der Waals surface area (Å²) in [5.74, 6) is -1.12. The molecule has 0 spiro atoms. The number of nitrogens with zero attached hydrogens (tertiary/aromatic N) is 1. The van der Waals surface area contributed by atoms with Gasteiger partial charge in [0.05, 0.1) is 16.1 Å². The number of aryl methyl sites for hydroxylation is 3. The van der Waals surface area contributed by atoms with Crippen LogP contribution in [0.15, 0.2) is 71.6 Å². The summed E-state index contributed by atoms with van der Waals surface area (Å²) in [7, 11) is -2.30. The molecule has 0 fully saturated rings. The van der Waals surface area contributed by atoms with Crippen LogP contribution in [0.1, 0.15) is 34.0 Å². The van der Waals surface area contributed by atoms with Gasteiger partial charge in [-0.2, -0.15) is 0 Å². The average molecular weight is 481 g/mol. The minimum absolute atomic E-state index is 0.174. The predicted molar refractivity (Wildman–Crippen MR) is 133 cm³/mol. The molecule has 0 aliphatic heterocycles. The number of anilines is 2. The van der Waals surface area contributed by atoms with Crippen molar-refractivity contribution < 1.29 is 22.7 Å². The molecule has 0 saturated carbocycles. The normalized spacial score (nSPS) is 12.0. The van der Waals surface area contributed by atoms with Crippen LogP contribution in [0.3, 0.4) is 0 Å². The molecule has 1 unspecified atom stereocenters. The molecule has 34 heavy (non-hydrogen) atoms. The summed E-state index contributed by atoms with van der Waals surface area (Å²) >= 11 is 0. The maximum atomic E-state index is 12.9. The highest BCUT2D eigenvalue weighted by molar-refractivity contribution is 7.92. The first-order valence-corrected chi connectivity index (χ1v) is 12.2. The lowest BCUT2D eigenvalue weighted by Crippen LogP contribution is -2.30. The van der Waals surface area contributed by atoms with Crippen molar-refractivity contribution in [3.8, 4) is 0 Å². The van der Waals surface area contributed by atoms with Gasteiger partial charge in [-0.25, -0.2) is 13.2 Å². The Morgan fingerprint density at radius 2 is 1.47 bits per heavy atom. The largest absolute Gasteiger partial charge is 0.449 e. The predicted octanol–water partition coefficient (Wildman–Crippen LogP) is 4.62. The summed E-state index contributed by atoms with van der Waals surface area (Å²) in [4.78, 5) is 25.2. The average Bonchev–Trinajstić information content (AvgIpc) is 2.81. The highest BCUT2D eigenvalue weighted by Gasteiger charge is 2.23. The minimum atomic E-state index is -3.74. The zero-order valence-corrected chi connectivity index (χ0v) is 20.6. The molecule has 1 atom stereocenters. The van der Waals surface area contributed by atoms with Gasteiger partial charge in [-0.05, 0) is 81.3 Å². The maximum Gasteiger partial charge on any atom is 0.338 e. The van der Waals surface area contributed by atoms with E-state index in [4.69, 9.17) is 4.74 Å². The number of carbonyl (C=O) groups is 2. The lowest BCUT2D eigenvalue weighted by molar-refractivity contribution is -0.123. The van der Waals surface area contributed by atoms with Crippen LogP contribution in [0, 0.1) is 20.8 Å². The Labute approximate surface area is 200 Å². The molecule has 3 aromatic carbocycles. The maximum absolute atomic E-state index is 12.9. The first-order chi connectivity index (χ1) is 16.0. The molecule has 0 heterocycles. The van der Waals surface area contributed by atoms with Crippen LogP contribution >= 0.6 is 0 Å². The van der Waals surface area contributed by atoms with Gasteiger partial charge in [0.2, 0.25) is 0 Å². The molecule has 0 bridgehead atoms. The molecule has 0 aliphatic rings. The molecule has 0 radical (unpaired) electrons. The van der Waals surface area contributed by atoms with Crippen molar-refractivity contribution >= 4 is 33.3 Å². The van der Waals surface area contributed by atoms with E-state index in [0.29, 0.717) is 11.4 Å². The lowest BCUT2D eigenvalue weighted by atomic mass is 10.1. The number of ether oxygens (including phenoxy) is 1. The summed E-state index contributed by atoms with van der Waals surface area (Å²) in [5.41, 5.74) is 4.11. The third-order valence-corrected chi connectivity index (χ3v) is 7.25. The molecule has 0 saturated heterocycles. The number of sulfonamides is 1. The molecule has 8 heteroatoms. The van der Waals surface area contributed by atoms with E-state index >= 15 is 0 Å². The molecule has 0 aliphatic carbocycles. The summed E-state index contributed by atoms with van der Waals surface area (Å²) in [6.45, 7) is 7.18. The Balaban J connectivity index is 1.66. The van der Waals surface area contributed by atoms with E-state index in [1.54, 1.807) is 24.3 Å². The summed E-state index contributed by atoms with van der Waals surface area (Å²) in [6.07, 6.45) is -1.02. The van der Waals surface area contributed by atoms with Crippen molar-refractivity contribution in [2.24, 2.45) is 0 Å². The second-order valence-electron chi connectivity index (χ2n) is 8.19. The molecule has 0 aromatic heterocycles. The third-order valence-electron chi connectivity index (χ3n) is 5.45. The van der Waals surface area contributed by atoms with Gasteiger partial charge in [0, 0.05) is 12.7 Å². The first kappa shape index (κ1) is 25.0. The van der Waals surface area contributed by atoms with Gasteiger partial charge in [0.25, 0.3) is 15.9 Å². The van der Waals surface area contributed by atoms with E-state index in [-0.39, 0.29) is 10.5 Å². The molecule has 1 N–H and O–H groups in total. The van der Waals surface area contributed by atoms with Gasteiger partial charge in [0.1, 0.15) is 0 Å². The molecular formula is C26H28N2O5S. The topological polar surface area (TPSA) is 92.8 Å². The van der Waals surface area contributed by atoms with Gasteiger partial charge in [0.15, 0.2) is 6.10 Å². The van der Waals surface area contributed by atoms with Crippen LogP contribution < -0.4 is 9.62 Å². The van der Waals surface area contributed by atoms with Crippen LogP contribution in [0.25, 0.3) is 0 Å². The second kappa shape index (κ2) is 10.1. The van der Waals surface area contributed by atoms with Crippen molar-refractivity contribution in [1.29, 1.82) is 0 Å². The number of amides is 1. The zero-order valence-electron chi connectivity index (χ0n) is 19.8. The van der Waals surface area contributed by atoms with Crippen molar-refractivity contribution in [2.75, 3.05) is 16.7 Å². The number of hydrogen-bond acceptors (Lipinski definition) is 5. The number of hydrogen-bond donors (Lipinski definition) is 1. The number of nitrogens with one attached hydrogen (secondary N) is 1. The van der Waals surface area contributed by atoms with E-state index in [9.17, 15) is 18.0 Å². The summed E-state index contributed by atoms with van der Waals surface area (Å²) in [5, 5.41) is 2.78. The number of benzene rings is 3. The lowest BCUT2D eigenvalue weighted by Gasteiger charge is -2.20. The monoisotopic (exact) mass is 480 g/mol. The van der Waals surface area contributed by atoms with Crippen molar-refractivity contribution in [3.05, 3.63) is 89.0 Å². The number of carbonyl (C=O) groups excluding carboxylic acids is 2. The first-order valence-electron chi connectivity index (χ1n) is 10.7. The van der Waals surface area contributed by atoms with Gasteiger partial charge < -0.3 is 10.1 Å². The van der Waals surface area contributed by atoms with E-state index < -0.39 is 28.0 Å². The van der Waals surface area contributed by atoms with E-state index in [1.165, 1.54) is 38.2 Å². The van der Waals surface area contributed by atoms with Crippen LogP contribution in [0.5, 0.6) is 0 Å². The summed E-state index contributed by atoms with van der Waals surface area (Å²) < 4.78 is 32.2. The molecular weight excluding hydrogens is 452 g/mol. The van der Waals surface area contributed by atoms with Gasteiger partial charge >= 0.3 is 5.97 Å². The van der Waals surface area contributed by atoms with Gasteiger partial charge in [-0.15, -0.1) is 0 Å². The van der Waals surface area contributed by atoms with Crippen LogP contribution in [0.4, 0.5) is 11.4 Å². The fraction of sp³-hybridized carbons (Fsp3) is 0.231. The number of esters is 1. The summed E-state index contributed by atoms with van der Waals surface area (Å²) in [6, 6.07) is 18.2. The molecule has 1 amide bonds. The van der Waals surface area contributed by atoms with Crippen molar-refractivity contribution in [1.82, 2.24) is 0 Å². The Hall–Kier alpha value is -3.65. The quantitative estimate of drug-likeness (QED) is 0.498. The Morgan fingerprint density at radius 3 is 2.09 bits per heavy atom. The van der Waals surface area contributed by atoms with Gasteiger partial charge in [-0.1, -0.05) is 29.8 Å². The second-order valence-corrected chi connectivity index (χ2v) is 10.2. The molecule has 7 nitrogen and oxygen atoms in total. The Bertz CT molecular complexity index is 1300. The van der Waals surface area contributed by atoms with Gasteiger partial charge in [-0.3, -0.25) is 9.10 Å². The third kappa shape index (κ3) is 5.63. The Kier molecular flexibility index (Phi) is 7.41. The smallest absolute Gasteiger partial charge is 0.338 e. The highest BCUT2D eigenvalue weighted by Crippen LogP contribution is 2.23. The van der Waals surface area contributed by atoms with Crippen LogP contribution in [-0.2, 0) is 19.6 Å². The van der Waals surface area contributed by atoms with Crippen LogP contribution in [0.2, 0.25) is 0 Å². The highest BCUT2D eigenvalue weighted by atomic mass is 32.2. The SMILES string of the molecule is Cc1ccc(S(=O)(=O)N(C)c2ccc(C(=O)OC(C)C(=O)Nc3cc(C)ccc3C)cc2)cc1. The van der Waals surface area contributed by atoms with E-state index in [1.807, 2.05) is 39.0 Å². The number of rotatable bonds is 7. The van der Waals surface area contributed by atoms with Crippen molar-refractivity contribution in [2.45, 2.75) is 38.7 Å². The molecule has 3 rings (SSSR count). The minimum Gasteiger partial charge on any atom is -0.449 e. The van der Waals surface area contributed by atoms with E-state index in [0.717, 1.165) is 21.0 Å².